The van der Waals surface area contributed by atoms with Gasteiger partial charge in [0.05, 0.1) is 0 Å². The lowest BCUT2D eigenvalue weighted by Crippen LogP contribution is -2.07. The molecular weight excluding hydrogens is 248 g/mol. The first kappa shape index (κ1) is 12.7. The largest absolute Gasteiger partial charge is 0.152 e. The first-order chi connectivity index (χ1) is 8.38. The zero-order chi connectivity index (χ0) is 11.9. The fourth-order valence-corrected chi connectivity index (χ4v) is 2.95. The highest BCUT2D eigenvalue weighted by Gasteiger charge is 2.08. The van der Waals surface area contributed by atoms with E-state index < -0.39 is 0 Å². The van der Waals surface area contributed by atoms with Crippen LogP contribution in [0.2, 0.25) is 0 Å². The van der Waals surface area contributed by atoms with Gasteiger partial charge in [0, 0.05) is 5.88 Å². The fourth-order valence-electron chi connectivity index (χ4n) is 1.99. The van der Waals surface area contributed by atoms with Gasteiger partial charge in [-0.05, 0) is 53.1 Å². The first-order valence-corrected chi connectivity index (χ1v) is 7.47. The lowest BCUT2D eigenvalue weighted by Gasteiger charge is -2.13. The zero-order valence-electron chi connectivity index (χ0n) is 9.81. The van der Waals surface area contributed by atoms with Crippen LogP contribution in [-0.2, 0) is 12.8 Å². The van der Waals surface area contributed by atoms with E-state index in [4.69, 9.17) is 11.6 Å². The van der Waals surface area contributed by atoms with E-state index in [9.17, 15) is 0 Å². The molecule has 0 saturated heterocycles. The number of benzene rings is 1. The maximum absolute atomic E-state index is 6.06. The van der Waals surface area contributed by atoms with Crippen LogP contribution in [0.5, 0.6) is 0 Å². The molecular formula is C15H17ClS. The van der Waals surface area contributed by atoms with E-state index in [1.807, 2.05) is 0 Å². The van der Waals surface area contributed by atoms with Crippen molar-refractivity contribution in [3.05, 3.63) is 58.3 Å². The van der Waals surface area contributed by atoms with Crippen molar-refractivity contribution in [3.8, 4) is 0 Å². The van der Waals surface area contributed by atoms with Crippen molar-refractivity contribution in [1.82, 2.24) is 0 Å². The molecule has 17 heavy (non-hydrogen) atoms. The molecule has 90 valence electrons. The molecule has 0 amide bonds. The Labute approximate surface area is 112 Å². The van der Waals surface area contributed by atoms with Gasteiger partial charge in [0.25, 0.3) is 0 Å². The van der Waals surface area contributed by atoms with Gasteiger partial charge in [-0.25, -0.2) is 0 Å². The molecule has 1 atom stereocenters. The normalized spacial score (nSPS) is 12.5. The molecule has 2 aromatic rings. The summed E-state index contributed by atoms with van der Waals surface area (Å²) in [5.41, 5.74) is 2.83. The van der Waals surface area contributed by atoms with Crippen LogP contribution in [0.25, 0.3) is 0 Å². The first-order valence-electron chi connectivity index (χ1n) is 5.99. The predicted molar refractivity (Wildman–Crippen MR) is 77.0 cm³/mol. The third-order valence-electron chi connectivity index (χ3n) is 3.01. The summed E-state index contributed by atoms with van der Waals surface area (Å²) in [5.74, 6) is 1.33. The van der Waals surface area contributed by atoms with E-state index >= 15 is 0 Å². The number of alkyl halides is 1. The molecule has 0 aliphatic heterocycles. The number of hydrogen-bond donors (Lipinski definition) is 0. The molecule has 0 nitrogen and oxygen atoms in total. The Hall–Kier alpha value is -0.790. The number of halogens is 1. The van der Waals surface area contributed by atoms with Crippen LogP contribution < -0.4 is 0 Å². The molecule has 0 spiro atoms. The highest BCUT2D eigenvalue weighted by Crippen LogP contribution is 2.18. The minimum absolute atomic E-state index is 0.582. The molecule has 2 rings (SSSR count). The summed E-state index contributed by atoms with van der Waals surface area (Å²) in [6, 6.07) is 12.8. The second kappa shape index (κ2) is 6.83. The molecule has 0 aliphatic carbocycles. The minimum atomic E-state index is 0.582. The highest BCUT2D eigenvalue weighted by atomic mass is 35.5. The number of rotatable bonds is 6. The smallest absolute Gasteiger partial charge is 0.0255 e. The Bertz CT molecular complexity index is 408. The third kappa shape index (κ3) is 4.18. The SMILES string of the molecule is ClCC(CCc1ccsc1)Cc1ccccc1. The molecule has 1 heterocycles. The minimum Gasteiger partial charge on any atom is -0.152 e. The lowest BCUT2D eigenvalue weighted by molar-refractivity contribution is 0.537. The quantitative estimate of drug-likeness (QED) is 0.659. The van der Waals surface area contributed by atoms with Gasteiger partial charge in [-0.3, -0.25) is 0 Å². The van der Waals surface area contributed by atoms with Crippen LogP contribution in [0.4, 0.5) is 0 Å². The summed E-state index contributed by atoms with van der Waals surface area (Å²) in [5, 5.41) is 4.37. The standard InChI is InChI=1S/C15H17ClS/c16-11-15(7-6-14-8-9-17-12-14)10-13-4-2-1-3-5-13/h1-5,8-9,12,15H,6-7,10-11H2. The number of aryl methyl sites for hydroxylation is 1. The highest BCUT2D eigenvalue weighted by molar-refractivity contribution is 7.07. The molecule has 1 unspecified atom stereocenters. The Balaban J connectivity index is 1.85. The Morgan fingerprint density at radius 3 is 2.53 bits per heavy atom. The molecule has 0 aliphatic rings. The predicted octanol–water partition coefficient (Wildman–Crippen LogP) is 4.78. The van der Waals surface area contributed by atoms with Crippen molar-refractivity contribution in [2.75, 3.05) is 5.88 Å². The fraction of sp³-hybridized carbons (Fsp3) is 0.333. The number of hydrogen-bond acceptors (Lipinski definition) is 1. The molecule has 0 radical (unpaired) electrons. The maximum atomic E-state index is 6.06. The van der Waals surface area contributed by atoms with Gasteiger partial charge >= 0.3 is 0 Å². The van der Waals surface area contributed by atoms with Crippen molar-refractivity contribution in [2.24, 2.45) is 5.92 Å². The zero-order valence-corrected chi connectivity index (χ0v) is 11.4. The van der Waals surface area contributed by atoms with Gasteiger partial charge in [-0.15, -0.1) is 11.6 Å². The van der Waals surface area contributed by atoms with Crippen molar-refractivity contribution in [3.63, 3.8) is 0 Å². The second-order valence-corrected chi connectivity index (χ2v) is 5.47. The average Bonchev–Trinajstić information content (AvgIpc) is 2.89. The van der Waals surface area contributed by atoms with E-state index in [2.05, 4.69) is 47.2 Å². The van der Waals surface area contributed by atoms with Crippen molar-refractivity contribution >= 4 is 22.9 Å². The van der Waals surface area contributed by atoms with Gasteiger partial charge in [-0.1, -0.05) is 30.3 Å². The molecule has 0 bridgehead atoms. The van der Waals surface area contributed by atoms with E-state index in [0.29, 0.717) is 5.92 Å². The van der Waals surface area contributed by atoms with Crippen molar-refractivity contribution < 1.29 is 0 Å². The molecule has 0 saturated carbocycles. The van der Waals surface area contributed by atoms with Crippen LogP contribution in [0.3, 0.4) is 0 Å². The summed E-state index contributed by atoms with van der Waals surface area (Å²) >= 11 is 7.83. The second-order valence-electron chi connectivity index (χ2n) is 4.38. The summed E-state index contributed by atoms with van der Waals surface area (Å²) in [4.78, 5) is 0. The molecule has 1 aromatic heterocycles. The third-order valence-corrected chi connectivity index (χ3v) is 4.18. The summed E-state index contributed by atoms with van der Waals surface area (Å²) in [6.07, 6.45) is 3.41. The van der Waals surface area contributed by atoms with E-state index in [1.165, 1.54) is 17.5 Å². The average molecular weight is 265 g/mol. The van der Waals surface area contributed by atoms with Crippen LogP contribution in [0, 0.1) is 5.92 Å². The lowest BCUT2D eigenvalue weighted by atomic mass is 9.95. The summed E-state index contributed by atoms with van der Waals surface area (Å²) in [7, 11) is 0. The molecule has 2 heteroatoms. The summed E-state index contributed by atoms with van der Waals surface area (Å²) < 4.78 is 0. The van der Waals surface area contributed by atoms with Crippen LogP contribution in [0.1, 0.15) is 17.5 Å². The maximum Gasteiger partial charge on any atom is 0.0255 e. The topological polar surface area (TPSA) is 0 Å². The van der Waals surface area contributed by atoms with Crippen LogP contribution >= 0.6 is 22.9 Å². The Kier molecular flexibility index (Phi) is 5.08. The number of thiophene rings is 1. The molecule has 0 N–H and O–H groups in total. The van der Waals surface area contributed by atoms with E-state index in [-0.39, 0.29) is 0 Å². The Morgan fingerprint density at radius 2 is 1.88 bits per heavy atom. The van der Waals surface area contributed by atoms with Crippen molar-refractivity contribution in [2.45, 2.75) is 19.3 Å². The van der Waals surface area contributed by atoms with E-state index in [0.717, 1.165) is 18.7 Å². The van der Waals surface area contributed by atoms with Gasteiger partial charge < -0.3 is 0 Å². The Morgan fingerprint density at radius 1 is 1.06 bits per heavy atom. The van der Waals surface area contributed by atoms with Gasteiger partial charge in [-0.2, -0.15) is 11.3 Å². The molecule has 0 fully saturated rings. The van der Waals surface area contributed by atoms with Gasteiger partial charge in [0.1, 0.15) is 0 Å². The van der Waals surface area contributed by atoms with Crippen molar-refractivity contribution in [1.29, 1.82) is 0 Å². The van der Waals surface area contributed by atoms with Crippen LogP contribution in [0.15, 0.2) is 47.2 Å². The van der Waals surface area contributed by atoms with E-state index in [1.54, 1.807) is 11.3 Å². The monoisotopic (exact) mass is 264 g/mol. The molecule has 1 aromatic carbocycles. The van der Waals surface area contributed by atoms with Gasteiger partial charge in [0.15, 0.2) is 0 Å². The van der Waals surface area contributed by atoms with Gasteiger partial charge in [0.2, 0.25) is 0 Å². The summed E-state index contributed by atoms with van der Waals surface area (Å²) in [6.45, 7) is 0. The van der Waals surface area contributed by atoms with Crippen LogP contribution in [-0.4, -0.2) is 5.88 Å².